The average Bonchev–Trinajstić information content (AvgIpc) is 2.70. The number of sulfonamides is 1. The highest BCUT2D eigenvalue weighted by atomic mass is 35.5. The molecule has 0 aliphatic carbocycles. The highest BCUT2D eigenvalue weighted by molar-refractivity contribution is 7.89. The molecular formula is C21H18ClFN2O3S. The van der Waals surface area contributed by atoms with E-state index < -0.39 is 28.3 Å². The highest BCUT2D eigenvalue weighted by Gasteiger charge is 2.27. The van der Waals surface area contributed by atoms with Gasteiger partial charge in [-0.05, 0) is 54.1 Å². The van der Waals surface area contributed by atoms with E-state index in [1.54, 1.807) is 24.3 Å². The molecule has 0 aromatic heterocycles. The molecule has 0 radical (unpaired) electrons. The first-order valence-electron chi connectivity index (χ1n) is 8.70. The second-order valence-corrected chi connectivity index (χ2v) is 8.64. The minimum Gasteiger partial charge on any atom is -0.325 e. The Balaban J connectivity index is 1.85. The molecule has 0 spiro atoms. The molecule has 8 heteroatoms. The third-order valence-corrected chi connectivity index (χ3v) is 6.16. The number of nitrogens with one attached hydrogen (secondary N) is 1. The molecule has 29 heavy (non-hydrogen) atoms. The molecule has 1 amide bonds. The van der Waals surface area contributed by atoms with Gasteiger partial charge < -0.3 is 5.32 Å². The van der Waals surface area contributed by atoms with Crippen molar-refractivity contribution in [1.29, 1.82) is 0 Å². The smallest absolute Gasteiger partial charge is 0.243 e. The predicted molar refractivity (Wildman–Crippen MR) is 111 cm³/mol. The molecule has 3 aromatic carbocycles. The summed E-state index contributed by atoms with van der Waals surface area (Å²) in [7, 11) is -3.96. The minimum absolute atomic E-state index is 0.0165. The van der Waals surface area contributed by atoms with E-state index in [0.29, 0.717) is 10.7 Å². The Morgan fingerprint density at radius 1 is 0.931 bits per heavy atom. The van der Waals surface area contributed by atoms with E-state index in [0.717, 1.165) is 9.87 Å². The molecule has 0 heterocycles. The number of hydrogen-bond acceptors (Lipinski definition) is 3. The number of carbonyl (C=O) groups is 1. The molecule has 3 aromatic rings. The van der Waals surface area contributed by atoms with Gasteiger partial charge in [-0.3, -0.25) is 4.79 Å². The normalized spacial score (nSPS) is 11.4. The first kappa shape index (κ1) is 21.0. The Hall–Kier alpha value is -2.74. The van der Waals surface area contributed by atoms with Crippen LogP contribution in [0.25, 0.3) is 0 Å². The summed E-state index contributed by atoms with van der Waals surface area (Å²) in [6, 6.07) is 20.0. The van der Waals surface area contributed by atoms with Crippen molar-refractivity contribution in [3.05, 3.63) is 95.3 Å². The summed E-state index contributed by atoms with van der Waals surface area (Å²) in [6.07, 6.45) is 0. The summed E-state index contributed by atoms with van der Waals surface area (Å²) in [4.78, 5) is 12.5. The van der Waals surface area contributed by atoms with Gasteiger partial charge >= 0.3 is 0 Å². The van der Waals surface area contributed by atoms with Crippen LogP contribution in [-0.4, -0.2) is 25.2 Å². The third kappa shape index (κ3) is 5.63. The summed E-state index contributed by atoms with van der Waals surface area (Å²) >= 11 is 5.86. The van der Waals surface area contributed by atoms with Crippen LogP contribution in [0.2, 0.25) is 5.02 Å². The lowest BCUT2D eigenvalue weighted by molar-refractivity contribution is -0.116. The van der Waals surface area contributed by atoms with Crippen LogP contribution < -0.4 is 5.32 Å². The number of carbonyl (C=O) groups excluding carboxylic acids is 1. The Kier molecular flexibility index (Phi) is 6.64. The van der Waals surface area contributed by atoms with Crippen LogP contribution >= 0.6 is 11.6 Å². The fraction of sp³-hybridized carbons (Fsp3) is 0.0952. The van der Waals surface area contributed by atoms with Crippen LogP contribution in [0, 0.1) is 5.82 Å². The predicted octanol–water partition coefficient (Wildman–Crippen LogP) is 4.31. The van der Waals surface area contributed by atoms with E-state index in [-0.39, 0.29) is 11.4 Å². The monoisotopic (exact) mass is 432 g/mol. The van der Waals surface area contributed by atoms with Gasteiger partial charge in [0.1, 0.15) is 5.82 Å². The van der Waals surface area contributed by atoms with Crippen molar-refractivity contribution in [2.75, 3.05) is 11.9 Å². The van der Waals surface area contributed by atoms with Gasteiger partial charge in [-0.15, -0.1) is 0 Å². The fourth-order valence-corrected chi connectivity index (χ4v) is 4.17. The van der Waals surface area contributed by atoms with Crippen molar-refractivity contribution in [2.45, 2.75) is 11.4 Å². The number of hydrogen-bond donors (Lipinski definition) is 1. The van der Waals surface area contributed by atoms with Crippen LogP contribution in [0.5, 0.6) is 0 Å². The Morgan fingerprint density at radius 2 is 1.55 bits per heavy atom. The van der Waals surface area contributed by atoms with Gasteiger partial charge in [0.2, 0.25) is 15.9 Å². The minimum atomic E-state index is -3.96. The molecule has 5 nitrogen and oxygen atoms in total. The second-order valence-electron chi connectivity index (χ2n) is 6.27. The lowest BCUT2D eigenvalue weighted by Gasteiger charge is -2.22. The molecule has 3 rings (SSSR count). The number of amides is 1. The van der Waals surface area contributed by atoms with Gasteiger partial charge in [0.05, 0.1) is 11.4 Å². The number of anilines is 1. The van der Waals surface area contributed by atoms with Crippen LogP contribution in [0.3, 0.4) is 0 Å². The van der Waals surface area contributed by atoms with Crippen LogP contribution in [0.1, 0.15) is 5.56 Å². The quantitative estimate of drug-likeness (QED) is 0.605. The van der Waals surface area contributed by atoms with Crippen molar-refractivity contribution in [3.63, 3.8) is 0 Å². The van der Waals surface area contributed by atoms with Gasteiger partial charge in [-0.2, -0.15) is 4.31 Å². The van der Waals surface area contributed by atoms with Crippen molar-refractivity contribution >= 4 is 33.2 Å². The van der Waals surface area contributed by atoms with E-state index >= 15 is 0 Å². The second kappa shape index (κ2) is 9.17. The van der Waals surface area contributed by atoms with Gasteiger partial charge in [-0.25, -0.2) is 12.8 Å². The van der Waals surface area contributed by atoms with Gasteiger partial charge in [0.25, 0.3) is 0 Å². The molecule has 150 valence electrons. The van der Waals surface area contributed by atoms with Crippen molar-refractivity contribution in [3.8, 4) is 0 Å². The lowest BCUT2D eigenvalue weighted by Crippen LogP contribution is -2.37. The molecule has 0 unspecified atom stereocenters. The van der Waals surface area contributed by atoms with E-state index in [9.17, 15) is 17.6 Å². The maximum absolute atomic E-state index is 13.1. The van der Waals surface area contributed by atoms with E-state index in [1.165, 1.54) is 48.5 Å². The van der Waals surface area contributed by atoms with Crippen LogP contribution in [-0.2, 0) is 21.4 Å². The zero-order valence-electron chi connectivity index (χ0n) is 15.3. The zero-order chi connectivity index (χ0) is 20.9. The van der Waals surface area contributed by atoms with E-state index in [2.05, 4.69) is 5.32 Å². The van der Waals surface area contributed by atoms with Gasteiger partial charge in [-0.1, -0.05) is 41.9 Å². The number of benzene rings is 3. The number of halogens is 2. The van der Waals surface area contributed by atoms with E-state index in [1.807, 2.05) is 6.07 Å². The average molecular weight is 433 g/mol. The molecule has 0 aliphatic heterocycles. The van der Waals surface area contributed by atoms with Crippen LogP contribution in [0.4, 0.5) is 10.1 Å². The van der Waals surface area contributed by atoms with Crippen molar-refractivity contribution in [2.24, 2.45) is 0 Å². The third-order valence-electron chi connectivity index (χ3n) is 4.10. The summed E-state index contributed by atoms with van der Waals surface area (Å²) < 4.78 is 40.4. The standard InChI is InChI=1S/C21H18ClFN2O3S/c22-17-6-12-20(13-7-17)29(27,28)25(14-16-4-2-1-3-5-16)15-21(26)24-19-10-8-18(23)9-11-19/h1-13H,14-15H2,(H,24,26). The molecule has 1 N–H and O–H groups in total. The van der Waals surface area contributed by atoms with Crippen molar-refractivity contribution < 1.29 is 17.6 Å². The number of rotatable bonds is 7. The first-order chi connectivity index (χ1) is 13.8. The lowest BCUT2D eigenvalue weighted by atomic mass is 10.2. The molecule has 0 fully saturated rings. The van der Waals surface area contributed by atoms with Crippen molar-refractivity contribution in [1.82, 2.24) is 4.31 Å². The maximum Gasteiger partial charge on any atom is 0.243 e. The Morgan fingerprint density at radius 3 is 2.17 bits per heavy atom. The molecule has 0 bridgehead atoms. The van der Waals surface area contributed by atoms with Gasteiger partial charge in [0.15, 0.2) is 0 Å². The molecule has 0 saturated carbocycles. The van der Waals surface area contributed by atoms with Gasteiger partial charge in [0, 0.05) is 17.3 Å². The summed E-state index contributed by atoms with van der Waals surface area (Å²) in [5, 5.41) is 3.00. The largest absolute Gasteiger partial charge is 0.325 e. The summed E-state index contributed by atoms with van der Waals surface area (Å²) in [5.41, 5.74) is 1.11. The zero-order valence-corrected chi connectivity index (χ0v) is 16.8. The first-order valence-corrected chi connectivity index (χ1v) is 10.5. The Labute approximate surface area is 173 Å². The molecular weight excluding hydrogens is 415 g/mol. The Bertz CT molecular complexity index is 1070. The summed E-state index contributed by atoms with van der Waals surface area (Å²) in [5.74, 6) is -0.968. The number of nitrogens with zero attached hydrogens (tertiary/aromatic N) is 1. The topological polar surface area (TPSA) is 66.5 Å². The fourth-order valence-electron chi connectivity index (χ4n) is 2.66. The van der Waals surface area contributed by atoms with E-state index in [4.69, 9.17) is 11.6 Å². The highest BCUT2D eigenvalue weighted by Crippen LogP contribution is 2.21. The van der Waals surface area contributed by atoms with Crippen LogP contribution in [0.15, 0.2) is 83.8 Å². The molecule has 0 saturated heterocycles. The molecule has 0 aliphatic rings. The molecule has 0 atom stereocenters. The summed E-state index contributed by atoms with van der Waals surface area (Å²) in [6.45, 7) is -0.389. The SMILES string of the molecule is O=C(CN(Cc1ccccc1)S(=O)(=O)c1ccc(Cl)cc1)Nc1ccc(F)cc1. The maximum atomic E-state index is 13.1.